The Labute approximate surface area is 159 Å². The molecule has 3 rings (SSSR count). The number of halogens is 1. The summed E-state index contributed by atoms with van der Waals surface area (Å²) in [6.07, 6.45) is 2.45. The smallest absolute Gasteiger partial charge is 0.191 e. The van der Waals surface area contributed by atoms with Crippen LogP contribution in [0.2, 0.25) is 0 Å². The van der Waals surface area contributed by atoms with Crippen molar-refractivity contribution >= 4 is 11.6 Å². The van der Waals surface area contributed by atoms with Crippen molar-refractivity contribution in [1.29, 1.82) is 0 Å². The summed E-state index contributed by atoms with van der Waals surface area (Å²) in [4.78, 5) is 6.57. The first kappa shape index (κ1) is 19.2. The van der Waals surface area contributed by atoms with E-state index in [1.54, 1.807) is 12.3 Å². The van der Waals surface area contributed by atoms with Crippen molar-refractivity contribution in [2.45, 2.75) is 19.9 Å². The molecule has 0 aliphatic carbocycles. The van der Waals surface area contributed by atoms with Crippen LogP contribution < -0.4 is 15.5 Å². The molecule has 146 valence electrons. The van der Waals surface area contributed by atoms with E-state index in [4.69, 9.17) is 9.15 Å². The molecular weight excluding hydrogens is 347 g/mol. The molecule has 6 nitrogen and oxygen atoms in total. The monoisotopic (exact) mass is 374 g/mol. The van der Waals surface area contributed by atoms with Crippen LogP contribution in [-0.4, -0.2) is 45.4 Å². The normalized spacial score (nSPS) is 15.0. The summed E-state index contributed by atoms with van der Waals surface area (Å²) >= 11 is 0. The van der Waals surface area contributed by atoms with E-state index < -0.39 is 0 Å². The van der Waals surface area contributed by atoms with Crippen LogP contribution in [0.4, 0.5) is 10.1 Å². The van der Waals surface area contributed by atoms with Crippen LogP contribution in [0.5, 0.6) is 0 Å². The fourth-order valence-electron chi connectivity index (χ4n) is 2.98. The highest BCUT2D eigenvalue weighted by Crippen LogP contribution is 2.21. The quantitative estimate of drug-likeness (QED) is 0.576. The molecule has 2 heterocycles. The lowest BCUT2D eigenvalue weighted by Gasteiger charge is -2.29. The zero-order chi connectivity index (χ0) is 18.9. The second-order valence-electron chi connectivity index (χ2n) is 6.34. The molecule has 27 heavy (non-hydrogen) atoms. The summed E-state index contributed by atoms with van der Waals surface area (Å²) < 4.78 is 25.1. The average molecular weight is 374 g/mol. The fourth-order valence-corrected chi connectivity index (χ4v) is 2.98. The van der Waals surface area contributed by atoms with Crippen molar-refractivity contribution in [3.8, 4) is 0 Å². The first-order valence-corrected chi connectivity index (χ1v) is 9.42. The van der Waals surface area contributed by atoms with Gasteiger partial charge in [0.2, 0.25) is 0 Å². The van der Waals surface area contributed by atoms with Crippen LogP contribution in [-0.2, 0) is 17.7 Å². The number of aliphatic imine (C=N–C) groups is 1. The number of anilines is 1. The number of furan rings is 1. The van der Waals surface area contributed by atoms with E-state index in [9.17, 15) is 4.39 Å². The van der Waals surface area contributed by atoms with Crippen molar-refractivity contribution in [3.05, 3.63) is 53.7 Å². The number of benzene rings is 1. The molecule has 1 saturated heterocycles. The molecule has 1 fully saturated rings. The predicted octanol–water partition coefficient (Wildman–Crippen LogP) is 2.55. The van der Waals surface area contributed by atoms with Gasteiger partial charge in [-0.25, -0.2) is 9.38 Å². The molecule has 1 aromatic heterocycles. The van der Waals surface area contributed by atoms with Gasteiger partial charge in [0.25, 0.3) is 0 Å². The largest absolute Gasteiger partial charge is 0.469 e. The third kappa shape index (κ3) is 5.72. The van der Waals surface area contributed by atoms with Crippen molar-refractivity contribution < 1.29 is 13.5 Å². The maximum absolute atomic E-state index is 14.5. The minimum absolute atomic E-state index is 0.208. The topological polar surface area (TPSA) is 62.0 Å². The zero-order valence-electron chi connectivity index (χ0n) is 15.7. The van der Waals surface area contributed by atoms with Gasteiger partial charge >= 0.3 is 0 Å². The summed E-state index contributed by atoms with van der Waals surface area (Å²) in [6, 6.07) is 9.17. The molecule has 1 aliphatic heterocycles. The van der Waals surface area contributed by atoms with Gasteiger partial charge in [-0.1, -0.05) is 6.07 Å². The summed E-state index contributed by atoms with van der Waals surface area (Å²) in [5.41, 5.74) is 1.47. The number of morpholine rings is 1. The van der Waals surface area contributed by atoms with Crippen LogP contribution in [0.1, 0.15) is 18.2 Å². The maximum Gasteiger partial charge on any atom is 0.191 e. The second kappa shape index (κ2) is 9.97. The molecule has 7 heteroatoms. The molecule has 0 amide bonds. The summed E-state index contributed by atoms with van der Waals surface area (Å²) in [6.45, 7) is 6.62. The van der Waals surface area contributed by atoms with Crippen molar-refractivity contribution in [2.24, 2.45) is 4.99 Å². The van der Waals surface area contributed by atoms with E-state index in [-0.39, 0.29) is 5.82 Å². The Bertz CT molecular complexity index is 728. The van der Waals surface area contributed by atoms with Gasteiger partial charge in [-0.15, -0.1) is 0 Å². The van der Waals surface area contributed by atoms with Crippen LogP contribution in [0.25, 0.3) is 0 Å². The van der Waals surface area contributed by atoms with Gasteiger partial charge in [0, 0.05) is 32.6 Å². The maximum atomic E-state index is 14.5. The number of ether oxygens (including phenoxy) is 1. The molecule has 0 unspecified atom stereocenters. The van der Waals surface area contributed by atoms with E-state index in [1.807, 2.05) is 36.1 Å². The first-order valence-electron chi connectivity index (χ1n) is 9.42. The Hall–Kier alpha value is -2.54. The highest BCUT2D eigenvalue weighted by Gasteiger charge is 2.15. The van der Waals surface area contributed by atoms with Gasteiger partial charge in [-0.2, -0.15) is 0 Å². The molecule has 0 bridgehead atoms. The number of rotatable bonds is 7. The number of nitrogens with zero attached hydrogens (tertiary/aromatic N) is 2. The molecule has 0 atom stereocenters. The number of hydrogen-bond donors (Lipinski definition) is 2. The lowest BCUT2D eigenvalue weighted by atomic mass is 10.1. The molecule has 1 aromatic carbocycles. The van der Waals surface area contributed by atoms with Crippen LogP contribution >= 0.6 is 0 Å². The van der Waals surface area contributed by atoms with Crippen LogP contribution in [0.15, 0.2) is 46.0 Å². The number of hydrogen-bond acceptors (Lipinski definition) is 4. The van der Waals surface area contributed by atoms with Gasteiger partial charge in [0.1, 0.15) is 11.6 Å². The first-order chi connectivity index (χ1) is 13.3. The van der Waals surface area contributed by atoms with Crippen LogP contribution in [0, 0.1) is 5.82 Å². The minimum atomic E-state index is -0.208. The number of nitrogens with one attached hydrogen (secondary N) is 2. The highest BCUT2D eigenvalue weighted by atomic mass is 19.1. The highest BCUT2D eigenvalue weighted by molar-refractivity contribution is 5.79. The Kier molecular flexibility index (Phi) is 7.10. The molecule has 0 spiro atoms. The minimum Gasteiger partial charge on any atom is -0.469 e. The standard InChI is InChI=1S/C20H27FN4O2/c1-2-22-20(23-8-7-17-4-3-11-27-17)24-15-16-5-6-19(18(21)14-16)25-9-12-26-13-10-25/h3-6,11,14H,2,7-10,12-13,15H2,1H3,(H2,22,23,24). The van der Waals surface area contributed by atoms with E-state index in [0.29, 0.717) is 38.0 Å². The predicted molar refractivity (Wildman–Crippen MR) is 105 cm³/mol. The third-order valence-electron chi connectivity index (χ3n) is 4.37. The van der Waals surface area contributed by atoms with E-state index in [1.165, 1.54) is 0 Å². The second-order valence-corrected chi connectivity index (χ2v) is 6.34. The summed E-state index contributed by atoms with van der Waals surface area (Å²) in [5, 5.41) is 6.47. The van der Waals surface area contributed by atoms with Gasteiger partial charge in [-0.05, 0) is 36.8 Å². The molecular formula is C20H27FN4O2. The van der Waals surface area contributed by atoms with Gasteiger partial charge in [0.05, 0.1) is 31.7 Å². The van der Waals surface area contributed by atoms with Crippen molar-refractivity contribution in [2.75, 3.05) is 44.3 Å². The summed E-state index contributed by atoms with van der Waals surface area (Å²) in [7, 11) is 0. The van der Waals surface area contributed by atoms with E-state index in [0.717, 1.165) is 37.4 Å². The fraction of sp³-hybridized carbons (Fsp3) is 0.450. The molecule has 0 radical (unpaired) electrons. The SMILES string of the molecule is CCNC(=NCc1ccc(N2CCOCC2)c(F)c1)NCCc1ccco1. The Balaban J connectivity index is 1.56. The van der Waals surface area contributed by atoms with Gasteiger partial charge < -0.3 is 24.7 Å². The molecule has 2 aromatic rings. The van der Waals surface area contributed by atoms with E-state index >= 15 is 0 Å². The van der Waals surface area contributed by atoms with Crippen molar-refractivity contribution in [3.63, 3.8) is 0 Å². The lowest BCUT2D eigenvalue weighted by molar-refractivity contribution is 0.122. The average Bonchev–Trinajstić information content (AvgIpc) is 3.20. The third-order valence-corrected chi connectivity index (χ3v) is 4.37. The Morgan fingerprint density at radius 2 is 2.07 bits per heavy atom. The summed E-state index contributed by atoms with van der Waals surface area (Å²) in [5.74, 6) is 1.43. The molecule has 2 N–H and O–H groups in total. The molecule has 1 aliphatic rings. The van der Waals surface area contributed by atoms with Crippen molar-refractivity contribution in [1.82, 2.24) is 10.6 Å². The van der Waals surface area contributed by atoms with Gasteiger partial charge in [0.15, 0.2) is 5.96 Å². The number of guanidine groups is 1. The Morgan fingerprint density at radius 1 is 1.22 bits per heavy atom. The zero-order valence-corrected chi connectivity index (χ0v) is 15.7. The van der Waals surface area contributed by atoms with Gasteiger partial charge in [-0.3, -0.25) is 0 Å². The Morgan fingerprint density at radius 3 is 2.78 bits per heavy atom. The van der Waals surface area contributed by atoms with E-state index in [2.05, 4.69) is 15.6 Å². The van der Waals surface area contributed by atoms with Crippen LogP contribution in [0.3, 0.4) is 0 Å². The lowest BCUT2D eigenvalue weighted by Crippen LogP contribution is -2.38. The molecule has 0 saturated carbocycles.